The van der Waals surface area contributed by atoms with Crippen molar-refractivity contribution in [1.82, 2.24) is 9.78 Å². The van der Waals surface area contributed by atoms with E-state index in [1.54, 1.807) is 23.0 Å². The van der Waals surface area contributed by atoms with E-state index >= 15 is 0 Å². The van der Waals surface area contributed by atoms with Crippen molar-refractivity contribution in [2.24, 2.45) is 5.10 Å². The maximum absolute atomic E-state index is 11.6. The van der Waals surface area contributed by atoms with Gasteiger partial charge in [-0.25, -0.2) is 13.1 Å². The number of nitrogens with zero attached hydrogens (tertiary/aromatic N) is 3. The highest BCUT2D eigenvalue weighted by Crippen LogP contribution is 2.29. The fourth-order valence-electron chi connectivity index (χ4n) is 2.61. The lowest BCUT2D eigenvalue weighted by Gasteiger charge is -2.09. The smallest absolute Gasteiger partial charge is 0.152 e. The summed E-state index contributed by atoms with van der Waals surface area (Å²) in [6, 6.07) is 7.02. The molecule has 0 aliphatic carbocycles. The number of nitrogens with one attached hydrogen (secondary N) is 1. The van der Waals surface area contributed by atoms with Gasteiger partial charge in [-0.3, -0.25) is 5.43 Å². The van der Waals surface area contributed by atoms with Gasteiger partial charge in [0.1, 0.15) is 5.15 Å². The summed E-state index contributed by atoms with van der Waals surface area (Å²) in [5, 5.41) is 9.47. The van der Waals surface area contributed by atoms with Crippen molar-refractivity contribution < 1.29 is 8.42 Å². The van der Waals surface area contributed by atoms with Crippen LogP contribution in [0.3, 0.4) is 0 Å². The molecule has 1 aliphatic rings. The molecule has 9 heteroatoms. The molecule has 1 aromatic carbocycles. The van der Waals surface area contributed by atoms with Gasteiger partial charge in [0.15, 0.2) is 9.84 Å². The fourth-order valence-corrected chi connectivity index (χ4v) is 4.84. The number of hydrazone groups is 1. The van der Waals surface area contributed by atoms with E-state index in [0.29, 0.717) is 33.5 Å². The molecule has 2 heterocycles. The molecule has 1 atom stereocenters. The van der Waals surface area contributed by atoms with Crippen molar-refractivity contribution in [2.45, 2.75) is 19.4 Å². The van der Waals surface area contributed by atoms with Crippen molar-refractivity contribution in [3.63, 3.8) is 0 Å². The van der Waals surface area contributed by atoms with E-state index in [0.717, 1.165) is 0 Å². The minimum atomic E-state index is -3.00. The number of hydrogen-bond donors (Lipinski definition) is 1. The Morgan fingerprint density at radius 1 is 1.38 bits per heavy atom. The predicted octanol–water partition coefficient (Wildman–Crippen LogP) is 3.30. The first kappa shape index (κ1) is 17.3. The second-order valence-electron chi connectivity index (χ2n) is 5.64. The number of aromatic nitrogens is 2. The molecule has 0 bridgehead atoms. The molecule has 0 spiro atoms. The van der Waals surface area contributed by atoms with Crippen LogP contribution in [0, 0.1) is 6.92 Å². The molecule has 3 rings (SSSR count). The summed E-state index contributed by atoms with van der Waals surface area (Å²) in [7, 11) is -3.00. The zero-order valence-corrected chi connectivity index (χ0v) is 15.2. The summed E-state index contributed by atoms with van der Waals surface area (Å²) in [6.45, 7) is 1.81. The summed E-state index contributed by atoms with van der Waals surface area (Å²) in [6.07, 6.45) is 2.09. The first-order chi connectivity index (χ1) is 11.4. The van der Waals surface area contributed by atoms with E-state index in [-0.39, 0.29) is 17.5 Å². The van der Waals surface area contributed by atoms with E-state index < -0.39 is 9.84 Å². The minimum absolute atomic E-state index is 0.0717. The Hall–Kier alpha value is -1.57. The first-order valence-electron chi connectivity index (χ1n) is 7.36. The highest BCUT2D eigenvalue weighted by atomic mass is 35.5. The SMILES string of the molecule is Cc1nn([C@@H]2CCS(=O)(=O)C2)c(Cl)c1/C=N\Nc1ccccc1Cl. The molecule has 24 heavy (non-hydrogen) atoms. The van der Waals surface area contributed by atoms with Gasteiger partial charge in [0, 0.05) is 0 Å². The van der Waals surface area contributed by atoms with Crippen LogP contribution in [-0.2, 0) is 9.84 Å². The number of halogens is 2. The molecule has 1 aromatic heterocycles. The highest BCUT2D eigenvalue weighted by Gasteiger charge is 2.31. The lowest BCUT2D eigenvalue weighted by molar-refractivity contribution is 0.497. The molecule has 1 fully saturated rings. The topological polar surface area (TPSA) is 76.3 Å². The van der Waals surface area contributed by atoms with Crippen LogP contribution in [0.5, 0.6) is 0 Å². The molecule has 1 saturated heterocycles. The summed E-state index contributed by atoms with van der Waals surface area (Å²) in [5.74, 6) is 0.243. The van der Waals surface area contributed by atoms with Gasteiger partial charge in [-0.15, -0.1) is 0 Å². The number of rotatable bonds is 4. The molecule has 0 unspecified atom stereocenters. The number of para-hydroxylation sites is 1. The Morgan fingerprint density at radius 2 is 2.12 bits per heavy atom. The van der Waals surface area contributed by atoms with Gasteiger partial charge in [-0.2, -0.15) is 10.2 Å². The fraction of sp³-hybridized carbons (Fsp3) is 0.333. The van der Waals surface area contributed by atoms with Gasteiger partial charge >= 0.3 is 0 Å². The minimum Gasteiger partial charge on any atom is -0.277 e. The standard InChI is InChI=1S/C15H16Cl2N4O2S/c1-10-12(8-18-19-14-5-3-2-4-13(14)16)15(17)21(20-10)11-6-7-24(22,23)9-11/h2-5,8,11,19H,6-7,9H2,1H3/b18-8-/t11-/m1/s1. The predicted molar refractivity (Wildman–Crippen MR) is 97.0 cm³/mol. The Labute approximate surface area is 150 Å². The molecular weight excluding hydrogens is 371 g/mol. The second kappa shape index (κ2) is 6.74. The van der Waals surface area contributed by atoms with Gasteiger partial charge in [-0.1, -0.05) is 35.3 Å². The molecule has 1 N–H and O–H groups in total. The number of hydrogen-bond acceptors (Lipinski definition) is 5. The van der Waals surface area contributed by atoms with Gasteiger partial charge in [0.25, 0.3) is 0 Å². The largest absolute Gasteiger partial charge is 0.277 e. The van der Waals surface area contributed by atoms with Gasteiger partial charge in [0.2, 0.25) is 0 Å². The zero-order valence-electron chi connectivity index (χ0n) is 12.9. The molecule has 2 aromatic rings. The van der Waals surface area contributed by atoms with Crippen molar-refractivity contribution in [3.05, 3.63) is 45.7 Å². The molecular formula is C15H16Cl2N4O2S. The lowest BCUT2D eigenvalue weighted by atomic mass is 10.2. The maximum atomic E-state index is 11.6. The Balaban J connectivity index is 1.80. The summed E-state index contributed by atoms with van der Waals surface area (Å²) < 4.78 is 24.9. The summed E-state index contributed by atoms with van der Waals surface area (Å²) in [4.78, 5) is 0. The third-order valence-electron chi connectivity index (χ3n) is 3.88. The molecule has 128 valence electrons. The lowest BCUT2D eigenvalue weighted by Crippen LogP contribution is -2.12. The van der Waals surface area contributed by atoms with Crippen LogP contribution in [0.2, 0.25) is 10.2 Å². The van der Waals surface area contributed by atoms with Gasteiger partial charge in [-0.05, 0) is 25.5 Å². The molecule has 0 saturated carbocycles. The summed E-state index contributed by atoms with van der Waals surface area (Å²) >= 11 is 12.4. The van der Waals surface area contributed by atoms with Crippen molar-refractivity contribution in [3.8, 4) is 0 Å². The first-order valence-corrected chi connectivity index (χ1v) is 9.94. The van der Waals surface area contributed by atoms with Crippen molar-refractivity contribution in [2.75, 3.05) is 16.9 Å². The average Bonchev–Trinajstić information content (AvgIpc) is 3.02. The van der Waals surface area contributed by atoms with Crippen LogP contribution in [0.4, 0.5) is 5.69 Å². The quantitative estimate of drug-likeness (QED) is 0.645. The number of aryl methyl sites for hydroxylation is 1. The van der Waals surface area contributed by atoms with E-state index in [2.05, 4.69) is 15.6 Å². The van der Waals surface area contributed by atoms with Gasteiger partial charge in [0.05, 0.1) is 45.7 Å². The van der Waals surface area contributed by atoms with Crippen molar-refractivity contribution >= 4 is 44.9 Å². The monoisotopic (exact) mass is 386 g/mol. The van der Waals surface area contributed by atoms with Crippen LogP contribution in [0.15, 0.2) is 29.4 Å². The second-order valence-corrected chi connectivity index (χ2v) is 8.64. The summed E-state index contributed by atoms with van der Waals surface area (Å²) in [5.41, 5.74) is 4.87. The molecule has 1 aliphatic heterocycles. The van der Waals surface area contributed by atoms with Gasteiger partial charge < -0.3 is 0 Å². The number of benzene rings is 1. The third kappa shape index (κ3) is 3.58. The highest BCUT2D eigenvalue weighted by molar-refractivity contribution is 7.91. The normalized spacial score (nSPS) is 19.9. The van der Waals surface area contributed by atoms with E-state index in [1.165, 1.54) is 0 Å². The van der Waals surface area contributed by atoms with Crippen LogP contribution < -0.4 is 5.43 Å². The van der Waals surface area contributed by atoms with Crippen molar-refractivity contribution in [1.29, 1.82) is 0 Å². The molecule has 0 amide bonds. The van der Waals surface area contributed by atoms with E-state index in [1.807, 2.05) is 19.1 Å². The van der Waals surface area contributed by atoms with E-state index in [9.17, 15) is 8.42 Å². The molecule has 0 radical (unpaired) electrons. The average molecular weight is 387 g/mol. The Kier molecular flexibility index (Phi) is 4.85. The Bertz CT molecular complexity index is 893. The van der Waals surface area contributed by atoms with E-state index in [4.69, 9.17) is 23.2 Å². The van der Waals surface area contributed by atoms with Crippen LogP contribution in [0.25, 0.3) is 0 Å². The number of sulfone groups is 1. The number of anilines is 1. The van der Waals surface area contributed by atoms with Crippen LogP contribution >= 0.6 is 23.2 Å². The maximum Gasteiger partial charge on any atom is 0.152 e. The zero-order chi connectivity index (χ0) is 17.3. The molecule has 6 nitrogen and oxygen atoms in total. The third-order valence-corrected chi connectivity index (χ3v) is 6.33. The van der Waals surface area contributed by atoms with Crippen LogP contribution in [0.1, 0.15) is 23.7 Å². The van der Waals surface area contributed by atoms with Crippen LogP contribution in [-0.4, -0.2) is 35.9 Å². The Morgan fingerprint density at radius 3 is 2.79 bits per heavy atom.